The number of hydrogen-bond donors (Lipinski definition) is 2. The van der Waals surface area contributed by atoms with E-state index >= 15 is 0 Å². The Morgan fingerprint density at radius 2 is 1.45 bits per heavy atom. The molecule has 0 saturated carbocycles. The van der Waals surface area contributed by atoms with Gasteiger partial charge in [-0.2, -0.15) is 0 Å². The zero-order valence-electron chi connectivity index (χ0n) is 17.8. The van der Waals surface area contributed by atoms with Gasteiger partial charge in [-0.1, -0.05) is 62.8 Å². The van der Waals surface area contributed by atoms with Crippen molar-refractivity contribution >= 4 is 0 Å². The largest absolute Gasteiger partial charge is 0.508 e. The molecule has 0 aromatic heterocycles. The molecule has 29 heavy (non-hydrogen) atoms. The highest BCUT2D eigenvalue weighted by atomic mass is 16.5. The maximum atomic E-state index is 9.23. The molecule has 0 amide bonds. The van der Waals surface area contributed by atoms with E-state index in [4.69, 9.17) is 4.74 Å². The first-order valence-electron chi connectivity index (χ1n) is 9.41. The Morgan fingerprint density at radius 3 is 1.86 bits per heavy atom. The van der Waals surface area contributed by atoms with Gasteiger partial charge in [0.05, 0.1) is 0 Å². The van der Waals surface area contributed by atoms with E-state index in [1.165, 1.54) is 11.6 Å². The summed E-state index contributed by atoms with van der Waals surface area (Å²) in [6, 6.07) is 15.3. The number of allylic oxidation sites excluding steroid dienone is 2. The van der Waals surface area contributed by atoms with Gasteiger partial charge in [0.1, 0.15) is 18.1 Å². The number of ether oxygens (including phenoxy) is 1. The fourth-order valence-electron chi connectivity index (χ4n) is 1.91. The number of terminal acetylenes is 2. The first kappa shape index (κ1) is 27.8. The Hall–Kier alpha value is -3.40. The summed E-state index contributed by atoms with van der Waals surface area (Å²) in [7, 11) is 0. The third-order valence-electron chi connectivity index (χ3n) is 3.22. The Morgan fingerprint density at radius 1 is 1.00 bits per heavy atom. The molecule has 2 N–H and O–H groups in total. The van der Waals surface area contributed by atoms with E-state index in [1.807, 2.05) is 57.2 Å². The van der Waals surface area contributed by atoms with Crippen molar-refractivity contribution in [1.29, 1.82) is 0 Å². The quantitative estimate of drug-likeness (QED) is 0.469. The molecule has 0 aliphatic rings. The molecule has 0 spiro atoms. The van der Waals surface area contributed by atoms with Crippen molar-refractivity contribution in [2.75, 3.05) is 6.61 Å². The average molecular weight is 392 g/mol. The van der Waals surface area contributed by atoms with Crippen LogP contribution in [0.4, 0.5) is 0 Å². The van der Waals surface area contributed by atoms with Crippen molar-refractivity contribution < 1.29 is 9.84 Å². The lowest BCUT2D eigenvalue weighted by Gasteiger charge is -2.07. The fraction of sp³-hybridized carbons (Fsp3) is 0.231. The number of rotatable bonds is 7. The molecule has 0 bridgehead atoms. The lowest BCUT2D eigenvalue weighted by atomic mass is 10.2. The summed E-state index contributed by atoms with van der Waals surface area (Å²) in [6.07, 6.45) is 18.0. The Kier molecular flexibility index (Phi) is 20.1. The van der Waals surface area contributed by atoms with Gasteiger partial charge in [0, 0.05) is 13.1 Å². The minimum absolute atomic E-state index is 0.298. The van der Waals surface area contributed by atoms with Gasteiger partial charge in [-0.3, -0.25) is 0 Å². The first-order valence-corrected chi connectivity index (χ1v) is 9.41. The van der Waals surface area contributed by atoms with Crippen molar-refractivity contribution in [2.45, 2.75) is 33.9 Å². The number of benzene rings is 2. The van der Waals surface area contributed by atoms with Crippen LogP contribution in [-0.4, -0.2) is 11.7 Å². The maximum Gasteiger partial charge on any atom is 0.119 e. The molecule has 2 aromatic rings. The molecule has 2 rings (SSSR count). The Bertz CT molecular complexity index is 720. The smallest absolute Gasteiger partial charge is 0.119 e. The van der Waals surface area contributed by atoms with E-state index in [2.05, 4.69) is 49.2 Å². The van der Waals surface area contributed by atoms with Gasteiger partial charge in [-0.25, -0.2) is 0 Å². The molecular formula is C26H33NO2. The Labute approximate surface area is 177 Å². The molecule has 0 unspecified atom stereocenters. The number of phenols is 1. The second kappa shape index (κ2) is 20.9. The van der Waals surface area contributed by atoms with Crippen molar-refractivity contribution in [3.8, 4) is 36.7 Å². The number of phenolic OH excluding ortho intramolecular Hbond substituents is 1. The lowest BCUT2D eigenvalue weighted by Crippen LogP contribution is -2.12. The van der Waals surface area contributed by atoms with Crippen LogP contribution in [-0.2, 0) is 13.1 Å². The van der Waals surface area contributed by atoms with Gasteiger partial charge in [0.2, 0.25) is 0 Å². The van der Waals surface area contributed by atoms with Crippen LogP contribution in [0.5, 0.6) is 11.5 Å². The molecule has 0 aliphatic heterocycles. The van der Waals surface area contributed by atoms with Crippen LogP contribution >= 0.6 is 0 Å². The molecule has 0 fully saturated rings. The number of hydrogen-bond acceptors (Lipinski definition) is 3. The minimum atomic E-state index is 0.298. The van der Waals surface area contributed by atoms with Crippen LogP contribution < -0.4 is 10.1 Å². The maximum absolute atomic E-state index is 9.23. The summed E-state index contributed by atoms with van der Waals surface area (Å²) in [4.78, 5) is 0. The lowest BCUT2D eigenvalue weighted by molar-refractivity contribution is 0.362. The van der Waals surface area contributed by atoms with Crippen LogP contribution in [0.3, 0.4) is 0 Å². The highest BCUT2D eigenvalue weighted by Crippen LogP contribution is 2.13. The highest BCUT2D eigenvalue weighted by Gasteiger charge is 1.97. The second-order valence-corrected chi connectivity index (χ2v) is 5.16. The highest BCUT2D eigenvalue weighted by molar-refractivity contribution is 5.28. The van der Waals surface area contributed by atoms with Crippen LogP contribution in [0.25, 0.3) is 0 Å². The standard InChI is InChI=1S/C18H21NO2.C4H4.C2H6.C2H2/c1-2-3-12-21-18-10-6-16(7-11-18)14-19-13-15-4-8-17(20)9-5-15;1-3-4-2;2*1-2/h2-11,19-20H,12-14H2,1H3;1,4H,2H2;1-2H3;1-2H/b3-2+;;;. The third kappa shape index (κ3) is 15.4. The predicted octanol–water partition coefficient (Wildman–Crippen LogP) is 5.72. The van der Waals surface area contributed by atoms with E-state index < -0.39 is 0 Å². The monoisotopic (exact) mass is 391 g/mol. The zero-order valence-corrected chi connectivity index (χ0v) is 17.8. The summed E-state index contributed by atoms with van der Waals surface area (Å²) in [5, 5.41) is 12.6. The normalized spacial score (nSPS) is 8.69. The molecule has 0 saturated heterocycles. The van der Waals surface area contributed by atoms with Gasteiger partial charge in [-0.05, 0) is 48.4 Å². The third-order valence-corrected chi connectivity index (χ3v) is 3.22. The van der Waals surface area contributed by atoms with Crippen LogP contribution in [0.2, 0.25) is 0 Å². The molecule has 154 valence electrons. The van der Waals surface area contributed by atoms with Crippen molar-refractivity contribution in [1.82, 2.24) is 5.32 Å². The van der Waals surface area contributed by atoms with E-state index in [9.17, 15) is 5.11 Å². The fourth-order valence-corrected chi connectivity index (χ4v) is 1.91. The topological polar surface area (TPSA) is 41.5 Å². The summed E-state index contributed by atoms with van der Waals surface area (Å²) >= 11 is 0. The van der Waals surface area contributed by atoms with Gasteiger partial charge in [-0.15, -0.1) is 19.3 Å². The molecule has 0 heterocycles. The van der Waals surface area contributed by atoms with Gasteiger partial charge in [0.25, 0.3) is 0 Å². The zero-order chi connectivity index (χ0) is 22.3. The predicted molar refractivity (Wildman–Crippen MR) is 126 cm³/mol. The van der Waals surface area contributed by atoms with E-state index in [0.29, 0.717) is 12.4 Å². The molecular weight excluding hydrogens is 358 g/mol. The molecule has 0 radical (unpaired) electrons. The van der Waals surface area contributed by atoms with Gasteiger partial charge < -0.3 is 15.2 Å². The molecule has 3 heteroatoms. The molecule has 0 aliphatic carbocycles. The van der Waals surface area contributed by atoms with Crippen molar-refractivity contribution in [2.24, 2.45) is 0 Å². The van der Waals surface area contributed by atoms with E-state index in [-0.39, 0.29) is 0 Å². The SMILES string of the molecule is C#C.C#CC=C.C/C=C/COc1ccc(CNCc2ccc(O)cc2)cc1.CC. The second-order valence-electron chi connectivity index (χ2n) is 5.16. The minimum Gasteiger partial charge on any atom is -0.508 e. The van der Waals surface area contributed by atoms with Crippen molar-refractivity contribution in [3.63, 3.8) is 0 Å². The number of nitrogens with one attached hydrogen (secondary N) is 1. The van der Waals surface area contributed by atoms with E-state index in [1.54, 1.807) is 12.1 Å². The molecule has 0 atom stereocenters. The summed E-state index contributed by atoms with van der Waals surface area (Å²) in [5.74, 6) is 3.38. The van der Waals surface area contributed by atoms with Crippen molar-refractivity contribution in [3.05, 3.63) is 84.5 Å². The van der Waals surface area contributed by atoms with Crippen LogP contribution in [0.1, 0.15) is 31.9 Å². The number of aromatic hydroxyl groups is 1. The van der Waals surface area contributed by atoms with Crippen LogP contribution in [0, 0.1) is 25.2 Å². The molecule has 3 nitrogen and oxygen atoms in total. The van der Waals surface area contributed by atoms with E-state index in [0.717, 1.165) is 24.4 Å². The Balaban J connectivity index is 0. The van der Waals surface area contributed by atoms with Gasteiger partial charge in [0.15, 0.2) is 0 Å². The summed E-state index contributed by atoms with van der Waals surface area (Å²) in [6.45, 7) is 11.4. The molecule has 2 aromatic carbocycles. The average Bonchev–Trinajstić information content (AvgIpc) is 2.79. The summed E-state index contributed by atoms with van der Waals surface area (Å²) in [5.41, 5.74) is 2.37. The van der Waals surface area contributed by atoms with Gasteiger partial charge >= 0.3 is 0 Å². The summed E-state index contributed by atoms with van der Waals surface area (Å²) < 4.78 is 5.56. The van der Waals surface area contributed by atoms with Crippen LogP contribution in [0.15, 0.2) is 73.3 Å². The first-order chi connectivity index (χ1) is 14.2.